The highest BCUT2D eigenvalue weighted by Crippen LogP contribution is 2.24. The zero-order valence-corrected chi connectivity index (χ0v) is 8.96. The fourth-order valence-corrected chi connectivity index (χ4v) is 1.54. The number of ether oxygens (including phenoxy) is 1. The molecule has 76 valence electrons. The number of nitrogens with zero attached hydrogens (tertiary/aromatic N) is 1. The summed E-state index contributed by atoms with van der Waals surface area (Å²) >= 11 is 0. The van der Waals surface area contributed by atoms with Crippen LogP contribution in [-0.2, 0) is 0 Å². The average molecular weight is 193 g/mol. The summed E-state index contributed by atoms with van der Waals surface area (Å²) < 4.78 is 5.24. The van der Waals surface area contributed by atoms with E-state index in [2.05, 4.69) is 5.16 Å². The van der Waals surface area contributed by atoms with E-state index in [9.17, 15) is 0 Å². The molecule has 0 aliphatic carbocycles. The first-order valence-electron chi connectivity index (χ1n) is 4.44. The largest absolute Gasteiger partial charge is 0.496 e. The van der Waals surface area contributed by atoms with E-state index in [1.54, 1.807) is 14.0 Å². The Bertz CT molecular complexity index is 347. The van der Waals surface area contributed by atoms with E-state index in [-0.39, 0.29) is 0 Å². The van der Waals surface area contributed by atoms with Crippen molar-refractivity contribution >= 4 is 5.71 Å². The standard InChI is InChI=1S/C11H15NO2/c1-7-5-10(9(3)12-13)6-8(2)11(7)14-4/h5-6,13H,1-4H3/b12-9-. The normalized spacial score (nSPS) is 11.6. The van der Waals surface area contributed by atoms with E-state index in [0.717, 1.165) is 22.4 Å². The van der Waals surface area contributed by atoms with Gasteiger partial charge in [0.1, 0.15) is 5.75 Å². The van der Waals surface area contributed by atoms with Crippen LogP contribution in [0.3, 0.4) is 0 Å². The van der Waals surface area contributed by atoms with Gasteiger partial charge in [-0.3, -0.25) is 0 Å². The van der Waals surface area contributed by atoms with Crippen molar-refractivity contribution in [3.8, 4) is 5.75 Å². The lowest BCUT2D eigenvalue weighted by atomic mass is 10.0. The van der Waals surface area contributed by atoms with E-state index >= 15 is 0 Å². The SMILES string of the molecule is COc1c(C)cc(/C(C)=N\O)cc1C. The fraction of sp³-hybridized carbons (Fsp3) is 0.364. The summed E-state index contributed by atoms with van der Waals surface area (Å²) in [5, 5.41) is 11.8. The topological polar surface area (TPSA) is 41.8 Å². The minimum Gasteiger partial charge on any atom is -0.496 e. The summed E-state index contributed by atoms with van der Waals surface area (Å²) in [6, 6.07) is 3.89. The van der Waals surface area contributed by atoms with Gasteiger partial charge < -0.3 is 9.94 Å². The number of hydrogen-bond donors (Lipinski definition) is 1. The van der Waals surface area contributed by atoms with Crippen molar-refractivity contribution in [2.45, 2.75) is 20.8 Å². The fourth-order valence-electron chi connectivity index (χ4n) is 1.54. The number of benzene rings is 1. The van der Waals surface area contributed by atoms with Gasteiger partial charge in [0.05, 0.1) is 12.8 Å². The average Bonchev–Trinajstić information content (AvgIpc) is 2.16. The molecule has 3 nitrogen and oxygen atoms in total. The van der Waals surface area contributed by atoms with Gasteiger partial charge in [-0.05, 0) is 49.6 Å². The Hall–Kier alpha value is -1.51. The van der Waals surface area contributed by atoms with Gasteiger partial charge >= 0.3 is 0 Å². The highest BCUT2D eigenvalue weighted by Gasteiger charge is 2.06. The van der Waals surface area contributed by atoms with Crippen LogP contribution >= 0.6 is 0 Å². The molecule has 0 aromatic heterocycles. The second-order valence-electron chi connectivity index (χ2n) is 3.33. The Kier molecular flexibility index (Phi) is 3.12. The van der Waals surface area contributed by atoms with Crippen LogP contribution in [0.2, 0.25) is 0 Å². The van der Waals surface area contributed by atoms with Gasteiger partial charge in [-0.15, -0.1) is 0 Å². The number of rotatable bonds is 2. The van der Waals surface area contributed by atoms with E-state index in [1.807, 2.05) is 26.0 Å². The molecular formula is C11H15NO2. The predicted molar refractivity (Wildman–Crippen MR) is 56.5 cm³/mol. The molecular weight excluding hydrogens is 178 g/mol. The van der Waals surface area contributed by atoms with Gasteiger partial charge in [0, 0.05) is 0 Å². The summed E-state index contributed by atoms with van der Waals surface area (Å²) in [5.74, 6) is 0.888. The van der Waals surface area contributed by atoms with Crippen molar-refractivity contribution in [2.24, 2.45) is 5.16 Å². The van der Waals surface area contributed by atoms with E-state index in [4.69, 9.17) is 9.94 Å². The highest BCUT2D eigenvalue weighted by atomic mass is 16.5. The van der Waals surface area contributed by atoms with Crippen LogP contribution in [0, 0.1) is 13.8 Å². The minimum atomic E-state index is 0.610. The van der Waals surface area contributed by atoms with E-state index < -0.39 is 0 Å². The van der Waals surface area contributed by atoms with Crippen LogP contribution in [0.5, 0.6) is 5.75 Å². The summed E-state index contributed by atoms with van der Waals surface area (Å²) in [6.45, 7) is 5.71. The van der Waals surface area contributed by atoms with Crippen molar-refractivity contribution in [1.82, 2.24) is 0 Å². The molecule has 0 amide bonds. The van der Waals surface area contributed by atoms with Gasteiger partial charge in [0.15, 0.2) is 0 Å². The first kappa shape index (κ1) is 10.6. The van der Waals surface area contributed by atoms with Gasteiger partial charge in [0.25, 0.3) is 0 Å². The zero-order chi connectivity index (χ0) is 10.7. The lowest BCUT2D eigenvalue weighted by Crippen LogP contribution is -1.99. The number of hydrogen-bond acceptors (Lipinski definition) is 3. The Morgan fingerprint density at radius 3 is 2.14 bits per heavy atom. The molecule has 1 N–H and O–H groups in total. The van der Waals surface area contributed by atoms with Gasteiger partial charge in [-0.2, -0.15) is 0 Å². The van der Waals surface area contributed by atoms with Gasteiger partial charge in [0.2, 0.25) is 0 Å². The molecule has 1 aromatic carbocycles. The first-order chi connectivity index (χ1) is 6.60. The zero-order valence-electron chi connectivity index (χ0n) is 8.96. The quantitative estimate of drug-likeness (QED) is 0.445. The predicted octanol–water partition coefficient (Wildman–Crippen LogP) is 2.51. The molecule has 0 aliphatic rings. The maximum atomic E-state index is 8.65. The maximum Gasteiger partial charge on any atom is 0.124 e. The highest BCUT2D eigenvalue weighted by molar-refractivity contribution is 5.98. The van der Waals surface area contributed by atoms with Gasteiger partial charge in [-0.25, -0.2) is 0 Å². The van der Waals surface area contributed by atoms with Crippen molar-refractivity contribution in [2.75, 3.05) is 7.11 Å². The second kappa shape index (κ2) is 4.13. The van der Waals surface area contributed by atoms with Gasteiger partial charge in [-0.1, -0.05) is 5.16 Å². The molecule has 0 aliphatic heterocycles. The second-order valence-corrected chi connectivity index (χ2v) is 3.33. The van der Waals surface area contributed by atoms with Crippen LogP contribution in [0.4, 0.5) is 0 Å². The summed E-state index contributed by atoms with van der Waals surface area (Å²) in [4.78, 5) is 0. The molecule has 0 radical (unpaired) electrons. The first-order valence-corrected chi connectivity index (χ1v) is 4.44. The van der Waals surface area contributed by atoms with Crippen LogP contribution < -0.4 is 4.74 Å². The van der Waals surface area contributed by atoms with Crippen LogP contribution in [0.15, 0.2) is 17.3 Å². The monoisotopic (exact) mass is 193 g/mol. The molecule has 0 unspecified atom stereocenters. The van der Waals surface area contributed by atoms with E-state index in [0.29, 0.717) is 5.71 Å². The van der Waals surface area contributed by atoms with Crippen molar-refractivity contribution < 1.29 is 9.94 Å². The molecule has 3 heteroatoms. The molecule has 1 rings (SSSR count). The van der Waals surface area contributed by atoms with Crippen molar-refractivity contribution in [3.63, 3.8) is 0 Å². The molecule has 0 saturated heterocycles. The molecule has 0 heterocycles. The third kappa shape index (κ3) is 1.87. The number of oxime groups is 1. The molecule has 14 heavy (non-hydrogen) atoms. The third-order valence-corrected chi connectivity index (χ3v) is 2.23. The Balaban J connectivity index is 3.27. The van der Waals surface area contributed by atoms with Crippen LogP contribution in [0.1, 0.15) is 23.6 Å². The van der Waals surface area contributed by atoms with Crippen molar-refractivity contribution in [3.05, 3.63) is 28.8 Å². The minimum absolute atomic E-state index is 0.610. The lowest BCUT2D eigenvalue weighted by Gasteiger charge is -2.10. The summed E-state index contributed by atoms with van der Waals surface area (Å²) in [6.07, 6.45) is 0. The van der Waals surface area contributed by atoms with Crippen LogP contribution in [-0.4, -0.2) is 18.0 Å². The smallest absolute Gasteiger partial charge is 0.124 e. The molecule has 1 aromatic rings. The molecule has 0 spiro atoms. The molecule has 0 bridgehead atoms. The van der Waals surface area contributed by atoms with Crippen molar-refractivity contribution in [1.29, 1.82) is 0 Å². The molecule has 0 saturated carbocycles. The Labute approximate surface area is 84.0 Å². The number of aryl methyl sites for hydroxylation is 2. The lowest BCUT2D eigenvalue weighted by molar-refractivity contribution is 0.319. The maximum absolute atomic E-state index is 8.65. The summed E-state index contributed by atoms with van der Waals surface area (Å²) in [7, 11) is 1.65. The summed E-state index contributed by atoms with van der Waals surface area (Å²) in [5.41, 5.74) is 3.62. The Morgan fingerprint density at radius 1 is 1.29 bits per heavy atom. The third-order valence-electron chi connectivity index (χ3n) is 2.23. The molecule has 0 fully saturated rings. The number of methoxy groups -OCH3 is 1. The van der Waals surface area contributed by atoms with E-state index in [1.165, 1.54) is 0 Å². The molecule has 0 atom stereocenters. The Morgan fingerprint density at radius 2 is 1.79 bits per heavy atom. The van der Waals surface area contributed by atoms with Crippen LogP contribution in [0.25, 0.3) is 0 Å².